The van der Waals surface area contributed by atoms with E-state index in [1.807, 2.05) is 17.5 Å². The van der Waals surface area contributed by atoms with Crippen LogP contribution in [0.5, 0.6) is 5.75 Å². The molecular formula is C11H12N2OS. The second-order valence-electron chi connectivity index (χ2n) is 3.21. The number of nitrogens with two attached hydrogens (primary N) is 1. The number of hydrogen-bond donors (Lipinski definition) is 2. The fourth-order valence-electron chi connectivity index (χ4n) is 1.31. The van der Waals surface area contributed by atoms with Crippen LogP contribution < -0.4 is 5.73 Å². The third-order valence-electron chi connectivity index (χ3n) is 2.07. The summed E-state index contributed by atoms with van der Waals surface area (Å²) < 4.78 is 0. The zero-order chi connectivity index (χ0) is 10.7. The number of benzene rings is 1. The number of hydrogen-bond acceptors (Lipinski definition) is 4. The van der Waals surface area contributed by atoms with E-state index in [2.05, 4.69) is 4.98 Å². The van der Waals surface area contributed by atoms with Gasteiger partial charge >= 0.3 is 0 Å². The predicted molar refractivity (Wildman–Crippen MR) is 62.0 cm³/mol. The Kier molecular flexibility index (Phi) is 2.99. The average Bonchev–Trinajstić information content (AvgIpc) is 2.68. The van der Waals surface area contributed by atoms with Gasteiger partial charge in [-0.05, 0) is 30.8 Å². The van der Waals surface area contributed by atoms with Crippen molar-refractivity contribution in [2.45, 2.75) is 6.42 Å². The van der Waals surface area contributed by atoms with Crippen molar-refractivity contribution in [3.05, 3.63) is 34.7 Å². The van der Waals surface area contributed by atoms with Crippen LogP contribution in [-0.4, -0.2) is 16.6 Å². The van der Waals surface area contributed by atoms with Gasteiger partial charge in [0.15, 0.2) is 0 Å². The highest BCUT2D eigenvalue weighted by molar-refractivity contribution is 7.09. The van der Waals surface area contributed by atoms with E-state index < -0.39 is 0 Å². The summed E-state index contributed by atoms with van der Waals surface area (Å²) in [6.07, 6.45) is 0.822. The van der Waals surface area contributed by atoms with Crippen molar-refractivity contribution >= 4 is 11.3 Å². The molecule has 78 valence electrons. The van der Waals surface area contributed by atoms with Crippen LogP contribution in [-0.2, 0) is 6.42 Å². The molecule has 1 aromatic carbocycles. The molecule has 4 heteroatoms. The van der Waals surface area contributed by atoms with E-state index in [1.165, 1.54) is 0 Å². The van der Waals surface area contributed by atoms with Gasteiger partial charge in [-0.2, -0.15) is 0 Å². The summed E-state index contributed by atoms with van der Waals surface area (Å²) in [4.78, 5) is 4.46. The number of phenols is 1. The van der Waals surface area contributed by atoms with Crippen LogP contribution in [0.3, 0.4) is 0 Å². The second-order valence-corrected chi connectivity index (χ2v) is 4.15. The minimum atomic E-state index is 0.274. The van der Waals surface area contributed by atoms with E-state index >= 15 is 0 Å². The minimum Gasteiger partial charge on any atom is -0.508 e. The van der Waals surface area contributed by atoms with Crippen molar-refractivity contribution in [2.24, 2.45) is 5.73 Å². The van der Waals surface area contributed by atoms with Crippen molar-refractivity contribution < 1.29 is 5.11 Å². The predicted octanol–water partition coefficient (Wildman–Crippen LogP) is 2.02. The lowest BCUT2D eigenvalue weighted by Gasteiger charge is -1.96. The summed E-state index contributed by atoms with van der Waals surface area (Å²) in [5.74, 6) is 0.274. The van der Waals surface area contributed by atoms with Crippen LogP contribution in [0.1, 0.15) is 5.01 Å². The Bertz CT molecular complexity index is 436. The molecule has 0 spiro atoms. The lowest BCUT2D eigenvalue weighted by Crippen LogP contribution is -2.01. The number of aromatic hydroxyl groups is 1. The molecule has 0 radical (unpaired) electrons. The zero-order valence-electron chi connectivity index (χ0n) is 8.18. The Morgan fingerprint density at radius 1 is 1.27 bits per heavy atom. The Morgan fingerprint density at radius 3 is 2.67 bits per heavy atom. The molecule has 3 nitrogen and oxygen atoms in total. The van der Waals surface area contributed by atoms with Gasteiger partial charge in [0.2, 0.25) is 0 Å². The quantitative estimate of drug-likeness (QED) is 0.832. The Labute approximate surface area is 92.2 Å². The summed E-state index contributed by atoms with van der Waals surface area (Å²) in [5.41, 5.74) is 7.43. The van der Waals surface area contributed by atoms with Crippen molar-refractivity contribution in [1.29, 1.82) is 0 Å². The number of rotatable bonds is 3. The van der Waals surface area contributed by atoms with E-state index in [4.69, 9.17) is 10.8 Å². The van der Waals surface area contributed by atoms with E-state index in [0.717, 1.165) is 22.7 Å². The van der Waals surface area contributed by atoms with Crippen LogP contribution in [0.15, 0.2) is 29.6 Å². The Hall–Kier alpha value is -1.39. The Balaban J connectivity index is 2.25. The standard InChI is InChI=1S/C11H12N2OS/c12-6-5-11-13-10(7-15-11)8-1-3-9(14)4-2-8/h1-4,7,14H,5-6,12H2. The Morgan fingerprint density at radius 2 is 2.00 bits per heavy atom. The first-order valence-electron chi connectivity index (χ1n) is 4.73. The maximum atomic E-state index is 9.16. The van der Waals surface area contributed by atoms with Crippen molar-refractivity contribution in [3.63, 3.8) is 0 Å². The van der Waals surface area contributed by atoms with Gasteiger partial charge in [0, 0.05) is 17.4 Å². The topological polar surface area (TPSA) is 59.1 Å². The second kappa shape index (κ2) is 4.42. The summed E-state index contributed by atoms with van der Waals surface area (Å²) in [5, 5.41) is 12.2. The van der Waals surface area contributed by atoms with Gasteiger partial charge in [-0.1, -0.05) is 0 Å². The molecule has 2 rings (SSSR count). The molecule has 0 bridgehead atoms. The highest BCUT2D eigenvalue weighted by Gasteiger charge is 2.03. The molecule has 15 heavy (non-hydrogen) atoms. The highest BCUT2D eigenvalue weighted by atomic mass is 32.1. The number of nitrogens with zero attached hydrogens (tertiary/aromatic N) is 1. The van der Waals surface area contributed by atoms with Gasteiger partial charge < -0.3 is 10.8 Å². The largest absolute Gasteiger partial charge is 0.508 e. The summed E-state index contributed by atoms with van der Waals surface area (Å²) in [6, 6.07) is 7.04. The van der Waals surface area contributed by atoms with Crippen LogP contribution in [0.2, 0.25) is 0 Å². The average molecular weight is 220 g/mol. The van der Waals surface area contributed by atoms with Gasteiger partial charge in [0.05, 0.1) is 10.7 Å². The van der Waals surface area contributed by atoms with Gasteiger partial charge in [0.25, 0.3) is 0 Å². The lowest BCUT2D eigenvalue weighted by atomic mass is 10.2. The van der Waals surface area contributed by atoms with Gasteiger partial charge in [-0.3, -0.25) is 0 Å². The third kappa shape index (κ3) is 2.34. The SMILES string of the molecule is NCCc1nc(-c2ccc(O)cc2)cs1. The third-order valence-corrected chi connectivity index (χ3v) is 2.98. The molecule has 0 unspecified atom stereocenters. The summed E-state index contributed by atoms with van der Waals surface area (Å²) >= 11 is 1.62. The fraction of sp³-hybridized carbons (Fsp3) is 0.182. The number of aromatic nitrogens is 1. The first kappa shape index (κ1) is 10.1. The molecular weight excluding hydrogens is 208 g/mol. The number of thiazole rings is 1. The first-order valence-corrected chi connectivity index (χ1v) is 5.61. The first-order chi connectivity index (χ1) is 7.29. The summed E-state index contributed by atoms with van der Waals surface area (Å²) in [7, 11) is 0. The molecule has 0 saturated carbocycles. The van der Waals surface area contributed by atoms with Crippen LogP contribution in [0.4, 0.5) is 0 Å². The molecule has 0 fully saturated rings. The van der Waals surface area contributed by atoms with Crippen molar-refractivity contribution in [3.8, 4) is 17.0 Å². The smallest absolute Gasteiger partial charge is 0.115 e. The fourth-order valence-corrected chi connectivity index (χ4v) is 2.14. The number of phenolic OH excluding ortho intramolecular Hbond substituents is 1. The minimum absolute atomic E-state index is 0.274. The van der Waals surface area contributed by atoms with Crippen molar-refractivity contribution in [1.82, 2.24) is 4.98 Å². The molecule has 0 atom stereocenters. The molecule has 2 aromatic rings. The van der Waals surface area contributed by atoms with Crippen LogP contribution >= 0.6 is 11.3 Å². The molecule has 0 aliphatic rings. The van der Waals surface area contributed by atoms with Crippen LogP contribution in [0, 0.1) is 0 Å². The van der Waals surface area contributed by atoms with Gasteiger partial charge in [-0.15, -0.1) is 11.3 Å². The molecule has 1 aromatic heterocycles. The maximum absolute atomic E-state index is 9.16. The molecule has 3 N–H and O–H groups in total. The molecule has 0 aliphatic carbocycles. The monoisotopic (exact) mass is 220 g/mol. The van der Waals surface area contributed by atoms with E-state index in [0.29, 0.717) is 6.54 Å². The molecule has 0 aliphatic heterocycles. The normalized spacial score (nSPS) is 10.5. The zero-order valence-corrected chi connectivity index (χ0v) is 9.00. The van der Waals surface area contributed by atoms with E-state index in [-0.39, 0.29) is 5.75 Å². The maximum Gasteiger partial charge on any atom is 0.115 e. The van der Waals surface area contributed by atoms with E-state index in [9.17, 15) is 0 Å². The summed E-state index contributed by atoms with van der Waals surface area (Å²) in [6.45, 7) is 0.628. The lowest BCUT2D eigenvalue weighted by molar-refractivity contribution is 0.475. The van der Waals surface area contributed by atoms with Crippen LogP contribution in [0.25, 0.3) is 11.3 Å². The highest BCUT2D eigenvalue weighted by Crippen LogP contribution is 2.23. The van der Waals surface area contributed by atoms with Gasteiger partial charge in [-0.25, -0.2) is 4.98 Å². The molecule has 0 amide bonds. The van der Waals surface area contributed by atoms with Gasteiger partial charge in [0.1, 0.15) is 5.75 Å². The molecule has 0 saturated heterocycles. The van der Waals surface area contributed by atoms with Crippen molar-refractivity contribution in [2.75, 3.05) is 6.54 Å². The molecule has 1 heterocycles. The van der Waals surface area contributed by atoms with E-state index in [1.54, 1.807) is 23.5 Å².